The Kier molecular flexibility index (Phi) is 34.7. The van der Waals surface area contributed by atoms with Crippen molar-refractivity contribution in [3.05, 3.63) is 72.9 Å². The van der Waals surface area contributed by atoms with Crippen LogP contribution >= 0.6 is 7.82 Å². The maximum atomic E-state index is 12.6. The third-order valence-electron chi connectivity index (χ3n) is 9.09. The molecule has 0 aromatic heterocycles. The second kappa shape index (κ2) is 37.5. The molecule has 0 aromatic carbocycles. The number of rotatable bonds is 39. The predicted octanol–water partition coefficient (Wildman–Crippen LogP) is 11.7. The van der Waals surface area contributed by atoms with Gasteiger partial charge in [-0.2, -0.15) is 0 Å². The van der Waals surface area contributed by atoms with Gasteiger partial charge in [-0.1, -0.05) is 145 Å². The van der Waals surface area contributed by atoms with E-state index in [0.29, 0.717) is 25.2 Å². The van der Waals surface area contributed by atoms with Crippen molar-refractivity contribution in [3.63, 3.8) is 0 Å². The summed E-state index contributed by atoms with van der Waals surface area (Å²) in [6.45, 7) is 4.68. The molecule has 9 nitrogen and oxygen atoms in total. The Morgan fingerprint density at radius 1 is 0.655 bits per heavy atom. The van der Waals surface area contributed by atoms with Gasteiger partial charge in [0.1, 0.15) is 6.10 Å². The molecule has 4 unspecified atom stereocenters. The summed E-state index contributed by atoms with van der Waals surface area (Å²) in [5.41, 5.74) is 5.36. The summed E-state index contributed by atoms with van der Waals surface area (Å²) in [7, 11) is -4.30. The molecule has 4 atom stereocenters. The number of epoxide rings is 1. The minimum Gasteiger partial charge on any atom is -0.457 e. The molecule has 1 aliphatic rings. The van der Waals surface area contributed by atoms with Gasteiger partial charge in [0.15, 0.2) is 0 Å². The molecule has 55 heavy (non-hydrogen) atoms. The quantitative estimate of drug-likeness (QED) is 0.0205. The number of carbonyl (C=O) groups is 1. The van der Waals surface area contributed by atoms with E-state index in [-0.39, 0.29) is 32.8 Å². The van der Waals surface area contributed by atoms with Crippen LogP contribution in [0, 0.1) is 0 Å². The lowest BCUT2D eigenvalue weighted by Crippen LogP contribution is -2.28. The smallest absolute Gasteiger partial charge is 0.457 e. The van der Waals surface area contributed by atoms with Crippen molar-refractivity contribution in [2.24, 2.45) is 5.73 Å². The van der Waals surface area contributed by atoms with Crippen LogP contribution < -0.4 is 5.73 Å². The van der Waals surface area contributed by atoms with Gasteiger partial charge in [0.25, 0.3) is 0 Å². The molecule has 0 radical (unpaired) electrons. The van der Waals surface area contributed by atoms with Gasteiger partial charge in [0.2, 0.25) is 0 Å². The first kappa shape index (κ1) is 50.9. The number of nitrogens with two attached hydrogens (primary N) is 1. The SMILES string of the molecule is CCCCCCCC/C=C\CCCCCCCCOCC(COP(=O)(O)OCCN)OC(=O)CC/C=C/C/C=C/C/C=C/C/C=C/C/C=C/CC1OC1CC. The maximum Gasteiger partial charge on any atom is 0.472 e. The first-order valence-corrected chi connectivity index (χ1v) is 23.1. The van der Waals surface area contributed by atoms with Gasteiger partial charge < -0.3 is 24.8 Å². The molecule has 0 bridgehead atoms. The van der Waals surface area contributed by atoms with Crippen LogP contribution in [0.25, 0.3) is 0 Å². The minimum atomic E-state index is -4.30. The first-order chi connectivity index (χ1) is 26.9. The van der Waals surface area contributed by atoms with Gasteiger partial charge in [-0.05, 0) is 77.0 Å². The van der Waals surface area contributed by atoms with Gasteiger partial charge in [-0.15, -0.1) is 0 Å². The van der Waals surface area contributed by atoms with Crippen molar-refractivity contribution >= 4 is 13.8 Å². The van der Waals surface area contributed by atoms with Crippen molar-refractivity contribution in [3.8, 4) is 0 Å². The molecule has 1 heterocycles. The van der Waals surface area contributed by atoms with E-state index in [4.69, 9.17) is 29.0 Å². The Morgan fingerprint density at radius 2 is 1.18 bits per heavy atom. The normalized spacial score (nSPS) is 17.9. The fraction of sp³-hybridized carbons (Fsp3) is 0.711. The van der Waals surface area contributed by atoms with Crippen LogP contribution in [0.1, 0.15) is 155 Å². The maximum absolute atomic E-state index is 12.6. The Hall–Kier alpha value is -2.10. The van der Waals surface area contributed by atoms with Crippen molar-refractivity contribution in [2.75, 3.05) is 33.0 Å². The fourth-order valence-corrected chi connectivity index (χ4v) is 6.55. The molecule has 3 N–H and O–H groups in total. The Labute approximate surface area is 335 Å². The number of hydrogen-bond acceptors (Lipinski definition) is 8. The zero-order chi connectivity index (χ0) is 39.9. The van der Waals surface area contributed by atoms with Crippen molar-refractivity contribution in [2.45, 2.75) is 173 Å². The summed E-state index contributed by atoms with van der Waals surface area (Å²) < 4.78 is 38.9. The molecule has 1 fully saturated rings. The lowest BCUT2D eigenvalue weighted by Gasteiger charge is -2.19. The molecular weight excluding hydrogens is 713 g/mol. The van der Waals surface area contributed by atoms with E-state index in [9.17, 15) is 14.3 Å². The number of carbonyl (C=O) groups excluding carboxylic acids is 1. The molecule has 1 aliphatic heterocycles. The number of hydrogen-bond donors (Lipinski definition) is 2. The number of phosphoric ester groups is 1. The Bertz CT molecular complexity index is 1130. The number of unbranched alkanes of at least 4 members (excludes halogenated alkanes) is 12. The van der Waals surface area contributed by atoms with Gasteiger partial charge >= 0.3 is 13.8 Å². The molecular formula is C45H78NO8P. The van der Waals surface area contributed by atoms with E-state index >= 15 is 0 Å². The van der Waals surface area contributed by atoms with Crippen LogP contribution in [0.4, 0.5) is 0 Å². The van der Waals surface area contributed by atoms with Crippen LogP contribution in [0.5, 0.6) is 0 Å². The highest BCUT2D eigenvalue weighted by Gasteiger charge is 2.35. The lowest BCUT2D eigenvalue weighted by molar-refractivity contribution is -0.154. The largest absolute Gasteiger partial charge is 0.472 e. The molecule has 316 valence electrons. The highest BCUT2D eigenvalue weighted by molar-refractivity contribution is 7.47. The van der Waals surface area contributed by atoms with E-state index in [2.05, 4.69) is 74.6 Å². The van der Waals surface area contributed by atoms with E-state index in [1.165, 1.54) is 70.6 Å². The van der Waals surface area contributed by atoms with E-state index in [0.717, 1.165) is 57.8 Å². The molecule has 0 aliphatic carbocycles. The number of ether oxygens (including phenoxy) is 3. The van der Waals surface area contributed by atoms with Crippen LogP contribution in [0.2, 0.25) is 0 Å². The van der Waals surface area contributed by atoms with E-state index in [1.807, 2.05) is 12.2 Å². The molecule has 1 rings (SSSR count). The summed E-state index contributed by atoms with van der Waals surface area (Å²) in [6, 6.07) is 0. The molecule has 10 heteroatoms. The molecule has 0 spiro atoms. The first-order valence-electron chi connectivity index (χ1n) is 21.6. The Balaban J connectivity index is 2.18. The molecule has 0 saturated carbocycles. The van der Waals surface area contributed by atoms with Gasteiger partial charge in [-0.3, -0.25) is 13.8 Å². The molecule has 0 aromatic rings. The summed E-state index contributed by atoms with van der Waals surface area (Å²) in [5, 5.41) is 0. The molecule has 0 amide bonds. The van der Waals surface area contributed by atoms with Crippen LogP contribution in [-0.4, -0.2) is 62.1 Å². The Morgan fingerprint density at radius 3 is 1.75 bits per heavy atom. The van der Waals surface area contributed by atoms with Crippen molar-refractivity contribution in [1.82, 2.24) is 0 Å². The number of phosphoric acid groups is 1. The summed E-state index contributed by atoms with van der Waals surface area (Å²) >= 11 is 0. The standard InChI is InChI=1S/C45H78NO8P/c1-3-5-6-7-8-9-10-11-12-16-19-22-25-28-31-34-38-50-40-42(41-52-55(48,49)51-39-37-46)53-45(47)36-33-30-27-24-21-18-15-13-14-17-20-23-26-29-32-35-44-43(4-2)54-44/h11-14,18,20-21,23,27,29-30,32,42-44H,3-10,15-17,19,22,24-26,28,31,33-41,46H2,1-2H3,(H,48,49)/b12-11-,14-13+,21-18+,23-20+,30-27+,32-29+. The van der Waals surface area contributed by atoms with Crippen LogP contribution in [-0.2, 0) is 32.6 Å². The highest BCUT2D eigenvalue weighted by Crippen LogP contribution is 2.43. The van der Waals surface area contributed by atoms with E-state index < -0.39 is 19.9 Å². The third-order valence-corrected chi connectivity index (χ3v) is 10.1. The zero-order valence-corrected chi connectivity index (χ0v) is 35.5. The molecule has 1 saturated heterocycles. The number of esters is 1. The average Bonchev–Trinajstić information content (AvgIpc) is 3.95. The second-order valence-corrected chi connectivity index (χ2v) is 15.7. The van der Waals surface area contributed by atoms with E-state index in [1.54, 1.807) is 0 Å². The van der Waals surface area contributed by atoms with Crippen molar-refractivity contribution in [1.29, 1.82) is 0 Å². The lowest BCUT2D eigenvalue weighted by atomic mass is 10.1. The topological polar surface area (TPSA) is 130 Å². The monoisotopic (exact) mass is 792 g/mol. The van der Waals surface area contributed by atoms with Crippen molar-refractivity contribution < 1.29 is 37.5 Å². The summed E-state index contributed by atoms with van der Waals surface area (Å²) in [4.78, 5) is 22.4. The summed E-state index contributed by atoms with van der Waals surface area (Å²) in [6.07, 6.45) is 49.9. The van der Waals surface area contributed by atoms with Gasteiger partial charge in [0.05, 0.1) is 32.0 Å². The van der Waals surface area contributed by atoms with Crippen LogP contribution in [0.3, 0.4) is 0 Å². The fourth-order valence-electron chi connectivity index (χ4n) is 5.79. The van der Waals surface area contributed by atoms with Gasteiger partial charge in [0, 0.05) is 19.6 Å². The zero-order valence-electron chi connectivity index (χ0n) is 34.6. The third kappa shape index (κ3) is 34.8. The average molecular weight is 792 g/mol. The second-order valence-electron chi connectivity index (χ2n) is 14.2. The van der Waals surface area contributed by atoms with Crippen LogP contribution in [0.15, 0.2) is 72.9 Å². The predicted molar refractivity (Wildman–Crippen MR) is 228 cm³/mol. The minimum absolute atomic E-state index is 0.0759. The highest BCUT2D eigenvalue weighted by atomic mass is 31.2. The summed E-state index contributed by atoms with van der Waals surface area (Å²) in [5.74, 6) is -0.418. The van der Waals surface area contributed by atoms with Gasteiger partial charge in [-0.25, -0.2) is 4.57 Å². The number of allylic oxidation sites excluding steroid dienone is 11.